The molecular formula is C11H16ClN3O2. The Morgan fingerprint density at radius 1 is 1.47 bits per heavy atom. The minimum atomic E-state index is -0.155. The maximum atomic E-state index is 11.9. The van der Waals surface area contributed by atoms with Crippen LogP contribution in [0.1, 0.15) is 23.2 Å². The first kappa shape index (κ1) is 13.7. The predicted octanol–water partition coefficient (Wildman–Crippen LogP) is 0.994. The molecule has 1 aliphatic rings. The number of carbonyl (C=O) groups is 1. The van der Waals surface area contributed by atoms with Crippen molar-refractivity contribution in [2.75, 3.05) is 18.9 Å². The van der Waals surface area contributed by atoms with Gasteiger partial charge < -0.3 is 15.8 Å². The number of anilines is 1. The van der Waals surface area contributed by atoms with Crippen LogP contribution in [0.3, 0.4) is 0 Å². The van der Waals surface area contributed by atoms with Crippen molar-refractivity contribution in [3.8, 4) is 0 Å². The van der Waals surface area contributed by atoms with Crippen LogP contribution < -0.4 is 11.1 Å². The zero-order valence-corrected chi connectivity index (χ0v) is 10.2. The van der Waals surface area contributed by atoms with Gasteiger partial charge in [-0.2, -0.15) is 0 Å². The highest BCUT2D eigenvalue weighted by Gasteiger charge is 2.18. The lowest BCUT2D eigenvalue weighted by Crippen LogP contribution is -2.39. The Hall–Kier alpha value is -1.33. The number of hydrogen-bond donors (Lipinski definition) is 2. The summed E-state index contributed by atoms with van der Waals surface area (Å²) in [7, 11) is 0. The summed E-state index contributed by atoms with van der Waals surface area (Å²) in [4.78, 5) is 15.8. The van der Waals surface area contributed by atoms with Crippen LogP contribution in [-0.4, -0.2) is 30.1 Å². The van der Waals surface area contributed by atoms with Crippen LogP contribution in [-0.2, 0) is 4.74 Å². The number of pyridine rings is 1. The number of hydrogen-bond acceptors (Lipinski definition) is 4. The Kier molecular flexibility index (Phi) is 5.18. The molecule has 1 fully saturated rings. The molecule has 0 saturated carbocycles. The molecule has 94 valence electrons. The molecule has 0 spiro atoms. The van der Waals surface area contributed by atoms with Gasteiger partial charge in [-0.3, -0.25) is 9.78 Å². The molecule has 1 aromatic heterocycles. The Balaban J connectivity index is 0.00000144. The molecule has 17 heavy (non-hydrogen) atoms. The average Bonchev–Trinajstić information content (AvgIpc) is 2.31. The first-order valence-electron chi connectivity index (χ1n) is 5.35. The van der Waals surface area contributed by atoms with Crippen molar-refractivity contribution >= 4 is 24.0 Å². The molecular weight excluding hydrogens is 242 g/mol. The number of amides is 1. The lowest BCUT2D eigenvalue weighted by Gasteiger charge is -2.23. The molecule has 0 atom stereocenters. The second-order valence-electron chi connectivity index (χ2n) is 3.82. The van der Waals surface area contributed by atoms with Gasteiger partial charge in [-0.15, -0.1) is 12.4 Å². The Morgan fingerprint density at radius 3 is 2.82 bits per heavy atom. The van der Waals surface area contributed by atoms with Gasteiger partial charge in [0, 0.05) is 37.3 Å². The zero-order valence-electron chi connectivity index (χ0n) is 9.39. The normalized spacial score (nSPS) is 16.0. The average molecular weight is 258 g/mol. The zero-order chi connectivity index (χ0) is 11.4. The minimum absolute atomic E-state index is 0. The third-order valence-corrected chi connectivity index (χ3v) is 2.66. The summed E-state index contributed by atoms with van der Waals surface area (Å²) in [6.07, 6.45) is 4.77. The number of carbonyl (C=O) groups excluding carboxylic acids is 1. The van der Waals surface area contributed by atoms with E-state index in [1.165, 1.54) is 6.20 Å². The second kappa shape index (κ2) is 6.42. The smallest absolute Gasteiger partial charge is 0.255 e. The molecule has 0 radical (unpaired) electrons. The van der Waals surface area contributed by atoms with E-state index in [1.54, 1.807) is 12.3 Å². The van der Waals surface area contributed by atoms with E-state index in [1.807, 2.05) is 0 Å². The summed E-state index contributed by atoms with van der Waals surface area (Å²) in [5.74, 6) is -0.155. The van der Waals surface area contributed by atoms with Crippen LogP contribution in [0.5, 0.6) is 0 Å². The van der Waals surface area contributed by atoms with E-state index in [-0.39, 0.29) is 24.4 Å². The van der Waals surface area contributed by atoms with Gasteiger partial charge in [0.1, 0.15) is 0 Å². The van der Waals surface area contributed by atoms with Crippen molar-refractivity contribution in [2.24, 2.45) is 0 Å². The van der Waals surface area contributed by atoms with Gasteiger partial charge in [0.25, 0.3) is 5.91 Å². The third-order valence-electron chi connectivity index (χ3n) is 2.66. The number of aromatic nitrogens is 1. The number of nitrogen functional groups attached to an aromatic ring is 1. The topological polar surface area (TPSA) is 77.2 Å². The number of ether oxygens (including phenoxy) is 1. The third kappa shape index (κ3) is 3.57. The second-order valence-corrected chi connectivity index (χ2v) is 3.82. The molecule has 1 amide bonds. The van der Waals surface area contributed by atoms with Crippen molar-refractivity contribution in [3.63, 3.8) is 0 Å². The Bertz CT molecular complexity index is 381. The first-order chi connectivity index (χ1) is 7.77. The fraction of sp³-hybridized carbons (Fsp3) is 0.455. The molecule has 1 aliphatic heterocycles. The number of nitrogens with two attached hydrogens (primary N) is 1. The van der Waals surface area contributed by atoms with E-state index >= 15 is 0 Å². The molecule has 2 rings (SSSR count). The van der Waals surface area contributed by atoms with Crippen LogP contribution >= 0.6 is 12.4 Å². The van der Waals surface area contributed by atoms with E-state index in [2.05, 4.69) is 10.3 Å². The maximum Gasteiger partial charge on any atom is 0.255 e. The summed E-state index contributed by atoms with van der Waals surface area (Å²) in [6.45, 7) is 1.40. The van der Waals surface area contributed by atoms with Crippen molar-refractivity contribution < 1.29 is 9.53 Å². The number of nitrogens with zero attached hydrogens (tertiary/aromatic N) is 1. The van der Waals surface area contributed by atoms with Crippen molar-refractivity contribution in [1.29, 1.82) is 0 Å². The standard InChI is InChI=1S/C11H15N3O2.ClH/c12-10-1-4-13-7-9(10)11(15)14-8-2-5-16-6-3-8;/h1,4,7-8H,2-3,5-6H2,(H2,12,13)(H,14,15);1H. The summed E-state index contributed by atoms with van der Waals surface area (Å²) in [5, 5.41) is 2.94. The molecule has 0 bridgehead atoms. The van der Waals surface area contributed by atoms with Crippen LogP contribution in [0.2, 0.25) is 0 Å². The van der Waals surface area contributed by atoms with Gasteiger partial charge in [-0.25, -0.2) is 0 Å². The Labute approximate surface area is 106 Å². The Morgan fingerprint density at radius 2 is 2.18 bits per heavy atom. The largest absolute Gasteiger partial charge is 0.398 e. The lowest BCUT2D eigenvalue weighted by molar-refractivity contribution is 0.0697. The fourth-order valence-corrected chi connectivity index (χ4v) is 1.70. The molecule has 1 aromatic rings. The van der Waals surface area contributed by atoms with Gasteiger partial charge in [-0.1, -0.05) is 0 Å². The molecule has 3 N–H and O–H groups in total. The van der Waals surface area contributed by atoms with Crippen LogP contribution in [0.15, 0.2) is 18.5 Å². The summed E-state index contributed by atoms with van der Waals surface area (Å²) in [5.41, 5.74) is 6.60. The van der Waals surface area contributed by atoms with Crippen LogP contribution in [0.25, 0.3) is 0 Å². The van der Waals surface area contributed by atoms with Crippen LogP contribution in [0.4, 0.5) is 5.69 Å². The minimum Gasteiger partial charge on any atom is -0.398 e. The fourth-order valence-electron chi connectivity index (χ4n) is 1.70. The van der Waals surface area contributed by atoms with Gasteiger partial charge in [0.05, 0.1) is 5.56 Å². The lowest BCUT2D eigenvalue weighted by atomic mass is 10.1. The molecule has 2 heterocycles. The molecule has 0 unspecified atom stereocenters. The first-order valence-corrected chi connectivity index (χ1v) is 5.35. The van der Waals surface area contributed by atoms with E-state index in [0.29, 0.717) is 24.5 Å². The SMILES string of the molecule is Cl.Nc1ccncc1C(=O)NC1CCOCC1. The van der Waals surface area contributed by atoms with E-state index in [0.717, 1.165) is 12.8 Å². The monoisotopic (exact) mass is 257 g/mol. The van der Waals surface area contributed by atoms with Crippen LogP contribution in [0, 0.1) is 0 Å². The predicted molar refractivity (Wildman–Crippen MR) is 67.2 cm³/mol. The van der Waals surface area contributed by atoms with Crippen molar-refractivity contribution in [3.05, 3.63) is 24.0 Å². The molecule has 0 aliphatic carbocycles. The highest BCUT2D eigenvalue weighted by molar-refractivity contribution is 5.98. The summed E-state index contributed by atoms with van der Waals surface area (Å²) >= 11 is 0. The molecule has 5 nitrogen and oxygen atoms in total. The van der Waals surface area contributed by atoms with E-state index in [9.17, 15) is 4.79 Å². The number of nitrogens with one attached hydrogen (secondary N) is 1. The number of rotatable bonds is 2. The van der Waals surface area contributed by atoms with Crippen molar-refractivity contribution in [1.82, 2.24) is 10.3 Å². The van der Waals surface area contributed by atoms with Gasteiger partial charge in [-0.05, 0) is 18.9 Å². The molecule has 0 aromatic carbocycles. The van der Waals surface area contributed by atoms with E-state index in [4.69, 9.17) is 10.5 Å². The highest BCUT2D eigenvalue weighted by Crippen LogP contribution is 2.11. The summed E-state index contributed by atoms with van der Waals surface area (Å²) < 4.78 is 5.22. The quantitative estimate of drug-likeness (QED) is 0.829. The highest BCUT2D eigenvalue weighted by atomic mass is 35.5. The maximum absolute atomic E-state index is 11.9. The van der Waals surface area contributed by atoms with E-state index < -0.39 is 0 Å². The van der Waals surface area contributed by atoms with Gasteiger partial charge in [0.2, 0.25) is 0 Å². The van der Waals surface area contributed by atoms with Crippen molar-refractivity contribution in [2.45, 2.75) is 18.9 Å². The molecule has 1 saturated heterocycles. The molecule has 6 heteroatoms. The van der Waals surface area contributed by atoms with Gasteiger partial charge in [0.15, 0.2) is 0 Å². The van der Waals surface area contributed by atoms with Gasteiger partial charge >= 0.3 is 0 Å². The summed E-state index contributed by atoms with van der Waals surface area (Å²) in [6, 6.07) is 1.81. The number of halogens is 1.